The summed E-state index contributed by atoms with van der Waals surface area (Å²) in [5.41, 5.74) is -0.754. The van der Waals surface area contributed by atoms with Crippen LogP contribution in [-0.2, 0) is 14.6 Å². The third-order valence-corrected chi connectivity index (χ3v) is 5.60. The van der Waals surface area contributed by atoms with Gasteiger partial charge in [0.25, 0.3) is 5.91 Å². The molecular formula is C18H24N2O5S. The smallest absolute Gasteiger partial charge is 0.323 e. The molecule has 0 saturated carbocycles. The highest BCUT2D eigenvalue weighted by atomic mass is 32.2. The van der Waals surface area contributed by atoms with Crippen molar-refractivity contribution < 1.29 is 22.8 Å². The van der Waals surface area contributed by atoms with Crippen LogP contribution in [0.25, 0.3) is 0 Å². The number of nitrogens with zero attached hydrogens (tertiary/aromatic N) is 1. The van der Waals surface area contributed by atoms with Crippen molar-refractivity contribution in [3.63, 3.8) is 0 Å². The Balaban J connectivity index is 2.11. The van der Waals surface area contributed by atoms with Crippen LogP contribution in [-0.4, -0.2) is 49.4 Å². The number of Topliss-reactive ketones (excluding diaryl/α,β-unsaturated/α-hetero) is 1. The molecule has 1 saturated heterocycles. The van der Waals surface area contributed by atoms with Crippen LogP contribution >= 0.6 is 0 Å². The first-order valence-corrected chi connectivity index (χ1v) is 10.3. The maximum atomic E-state index is 12.6. The van der Waals surface area contributed by atoms with E-state index < -0.39 is 33.1 Å². The SMILES string of the molecule is CC(C)CCC1(C)NC(=O)N(CC(=O)c2ccc(S(C)(=O)=O)cc2)C1=O. The first kappa shape index (κ1) is 20.1. The maximum absolute atomic E-state index is 12.6. The molecule has 1 aliphatic rings. The summed E-state index contributed by atoms with van der Waals surface area (Å²) in [7, 11) is -3.35. The summed E-state index contributed by atoms with van der Waals surface area (Å²) in [4.78, 5) is 38.2. The Morgan fingerprint density at radius 1 is 1.19 bits per heavy atom. The molecule has 0 spiro atoms. The number of benzene rings is 1. The van der Waals surface area contributed by atoms with Crippen molar-refractivity contribution in [3.8, 4) is 0 Å². The van der Waals surface area contributed by atoms with Crippen molar-refractivity contribution in [1.82, 2.24) is 10.2 Å². The quantitative estimate of drug-likeness (QED) is 0.576. The second-order valence-electron chi connectivity index (χ2n) is 7.31. The number of imide groups is 1. The van der Waals surface area contributed by atoms with E-state index in [-0.39, 0.29) is 17.0 Å². The van der Waals surface area contributed by atoms with Gasteiger partial charge in [0.1, 0.15) is 5.54 Å². The fourth-order valence-corrected chi connectivity index (χ4v) is 3.39. The molecule has 2 rings (SSSR count). The zero-order chi connectivity index (χ0) is 19.7. The van der Waals surface area contributed by atoms with Crippen LogP contribution in [0.4, 0.5) is 4.79 Å². The molecule has 1 atom stereocenters. The Hall–Kier alpha value is -2.22. The van der Waals surface area contributed by atoms with Gasteiger partial charge in [-0.1, -0.05) is 26.0 Å². The molecule has 0 aromatic heterocycles. The highest BCUT2D eigenvalue weighted by Crippen LogP contribution is 2.25. The second-order valence-corrected chi connectivity index (χ2v) is 9.32. The molecule has 1 fully saturated rings. The average molecular weight is 380 g/mol. The predicted octanol–water partition coefficient (Wildman–Crippen LogP) is 2.02. The van der Waals surface area contributed by atoms with Crippen molar-refractivity contribution in [1.29, 1.82) is 0 Å². The minimum Gasteiger partial charge on any atom is -0.323 e. The van der Waals surface area contributed by atoms with E-state index in [0.29, 0.717) is 12.3 Å². The number of sulfone groups is 1. The third-order valence-electron chi connectivity index (χ3n) is 4.47. The minimum atomic E-state index is -3.35. The lowest BCUT2D eigenvalue weighted by molar-refractivity contribution is -0.130. The van der Waals surface area contributed by atoms with Crippen LogP contribution in [0.1, 0.15) is 44.0 Å². The van der Waals surface area contributed by atoms with E-state index in [9.17, 15) is 22.8 Å². The van der Waals surface area contributed by atoms with Crippen LogP contribution in [0.15, 0.2) is 29.2 Å². The van der Waals surface area contributed by atoms with E-state index in [0.717, 1.165) is 17.6 Å². The summed E-state index contributed by atoms with van der Waals surface area (Å²) in [5.74, 6) is -0.452. The molecule has 1 aliphatic heterocycles. The van der Waals surface area contributed by atoms with Gasteiger partial charge in [-0.05, 0) is 37.8 Å². The summed E-state index contributed by atoms with van der Waals surface area (Å²) in [6.07, 6.45) is 2.36. The summed E-state index contributed by atoms with van der Waals surface area (Å²) in [5, 5.41) is 2.68. The molecule has 1 aromatic rings. The van der Waals surface area contributed by atoms with Gasteiger partial charge in [0.2, 0.25) is 0 Å². The summed E-state index contributed by atoms with van der Waals surface area (Å²) >= 11 is 0. The van der Waals surface area contributed by atoms with Crippen LogP contribution in [0.5, 0.6) is 0 Å². The van der Waals surface area contributed by atoms with Crippen LogP contribution in [0.3, 0.4) is 0 Å². The van der Waals surface area contributed by atoms with Crippen LogP contribution in [0, 0.1) is 5.92 Å². The molecule has 1 N–H and O–H groups in total. The fraction of sp³-hybridized carbons (Fsp3) is 0.500. The first-order valence-electron chi connectivity index (χ1n) is 8.41. The number of ketones is 1. The molecule has 1 aromatic carbocycles. The fourth-order valence-electron chi connectivity index (χ4n) is 2.76. The highest BCUT2D eigenvalue weighted by molar-refractivity contribution is 7.90. The van der Waals surface area contributed by atoms with Crippen LogP contribution in [0.2, 0.25) is 0 Å². The molecule has 1 heterocycles. The largest absolute Gasteiger partial charge is 0.325 e. The Bertz CT molecular complexity index is 830. The molecule has 26 heavy (non-hydrogen) atoms. The zero-order valence-electron chi connectivity index (χ0n) is 15.4. The standard InChI is InChI=1S/C18H24N2O5S/c1-12(2)9-10-18(3)16(22)20(17(23)19-18)11-15(21)13-5-7-14(8-6-13)26(4,24)25/h5-8,12H,9-11H2,1-4H3,(H,19,23). The van der Waals surface area contributed by atoms with E-state index in [2.05, 4.69) is 5.32 Å². The van der Waals surface area contributed by atoms with Crippen molar-refractivity contribution >= 4 is 27.6 Å². The molecule has 0 bridgehead atoms. The lowest BCUT2D eigenvalue weighted by Crippen LogP contribution is -2.44. The van der Waals surface area contributed by atoms with E-state index in [4.69, 9.17) is 0 Å². The zero-order valence-corrected chi connectivity index (χ0v) is 16.2. The number of urea groups is 1. The lowest BCUT2D eigenvalue weighted by Gasteiger charge is -2.22. The molecule has 0 radical (unpaired) electrons. The number of amides is 3. The average Bonchev–Trinajstić information content (AvgIpc) is 2.76. The van der Waals surface area contributed by atoms with Gasteiger partial charge in [0.05, 0.1) is 11.4 Å². The third kappa shape index (κ3) is 4.30. The monoisotopic (exact) mass is 380 g/mol. The molecule has 3 amide bonds. The maximum Gasteiger partial charge on any atom is 0.325 e. The number of nitrogens with one attached hydrogen (secondary N) is 1. The molecule has 7 nitrogen and oxygen atoms in total. The number of hydrogen-bond donors (Lipinski definition) is 1. The number of hydrogen-bond acceptors (Lipinski definition) is 5. The van der Waals surface area contributed by atoms with Crippen LogP contribution < -0.4 is 5.32 Å². The number of rotatable bonds is 7. The predicted molar refractivity (Wildman–Crippen MR) is 96.6 cm³/mol. The van der Waals surface area contributed by atoms with Gasteiger partial charge in [-0.2, -0.15) is 0 Å². The molecular weight excluding hydrogens is 356 g/mol. The van der Waals surface area contributed by atoms with Gasteiger partial charge in [-0.25, -0.2) is 13.2 Å². The second kappa shape index (κ2) is 7.19. The van der Waals surface area contributed by atoms with Gasteiger partial charge in [-0.15, -0.1) is 0 Å². The normalized spacial score (nSPS) is 20.6. The van der Waals surface area contributed by atoms with Gasteiger partial charge in [0.15, 0.2) is 15.6 Å². The lowest BCUT2D eigenvalue weighted by atomic mass is 9.92. The van der Waals surface area contributed by atoms with Crippen molar-refractivity contribution in [2.45, 2.75) is 44.0 Å². The van der Waals surface area contributed by atoms with Gasteiger partial charge in [0, 0.05) is 11.8 Å². The first-order chi connectivity index (χ1) is 11.9. The Labute approximate surface area is 153 Å². The topological polar surface area (TPSA) is 101 Å². The van der Waals surface area contributed by atoms with Gasteiger partial charge < -0.3 is 5.32 Å². The van der Waals surface area contributed by atoms with Crippen molar-refractivity contribution in [3.05, 3.63) is 29.8 Å². The van der Waals surface area contributed by atoms with Gasteiger partial charge >= 0.3 is 6.03 Å². The summed E-state index contributed by atoms with van der Waals surface area (Å²) in [6.45, 7) is 5.36. The number of carbonyl (C=O) groups is 3. The Kier molecular flexibility index (Phi) is 5.55. The Morgan fingerprint density at radius 2 is 1.77 bits per heavy atom. The summed E-state index contributed by atoms with van der Waals surface area (Å²) in [6, 6.07) is 4.86. The van der Waals surface area contributed by atoms with E-state index in [1.54, 1.807) is 6.92 Å². The molecule has 0 aliphatic carbocycles. The molecule has 142 valence electrons. The van der Waals surface area contributed by atoms with E-state index in [1.165, 1.54) is 24.3 Å². The van der Waals surface area contributed by atoms with E-state index in [1.807, 2.05) is 13.8 Å². The molecule has 8 heteroatoms. The van der Waals surface area contributed by atoms with Crippen molar-refractivity contribution in [2.75, 3.05) is 12.8 Å². The minimum absolute atomic E-state index is 0.102. The van der Waals surface area contributed by atoms with E-state index >= 15 is 0 Å². The van der Waals surface area contributed by atoms with Gasteiger partial charge in [-0.3, -0.25) is 14.5 Å². The van der Waals surface area contributed by atoms with Crippen molar-refractivity contribution in [2.24, 2.45) is 5.92 Å². The highest BCUT2D eigenvalue weighted by Gasteiger charge is 2.47. The Morgan fingerprint density at radius 3 is 2.27 bits per heavy atom. The molecule has 1 unspecified atom stereocenters. The number of carbonyl (C=O) groups excluding carboxylic acids is 3. The summed E-state index contributed by atoms with van der Waals surface area (Å²) < 4.78 is 22.9.